The summed E-state index contributed by atoms with van der Waals surface area (Å²) in [7, 11) is 0. The highest BCUT2D eigenvalue weighted by Crippen LogP contribution is 2.11. The van der Waals surface area contributed by atoms with Crippen LogP contribution in [-0.4, -0.2) is 15.8 Å². The molecular formula is C9H6I2N2O. The van der Waals surface area contributed by atoms with Crippen molar-refractivity contribution in [3.05, 3.63) is 43.1 Å². The van der Waals surface area contributed by atoms with E-state index < -0.39 is 0 Å². The number of carbonyl (C=O) groups excluding carboxylic acids is 1. The van der Waals surface area contributed by atoms with E-state index in [0.29, 0.717) is 11.4 Å². The Hall–Kier alpha value is -0.310. The second kappa shape index (κ2) is 4.05. The van der Waals surface area contributed by atoms with Crippen LogP contribution in [0.1, 0.15) is 16.2 Å². The van der Waals surface area contributed by atoms with Crippen LogP contribution in [0, 0.1) is 7.40 Å². The number of H-pyrrole nitrogens is 2. The van der Waals surface area contributed by atoms with Gasteiger partial charge in [0.1, 0.15) is 0 Å². The number of ketones is 1. The summed E-state index contributed by atoms with van der Waals surface area (Å²) in [6.07, 6.45) is 0. The van der Waals surface area contributed by atoms with E-state index in [-0.39, 0.29) is 5.78 Å². The molecule has 0 unspecified atom stereocenters. The van der Waals surface area contributed by atoms with Gasteiger partial charge in [0.2, 0.25) is 5.78 Å². The van der Waals surface area contributed by atoms with Gasteiger partial charge in [-0.15, -0.1) is 0 Å². The molecule has 0 aromatic carbocycles. The van der Waals surface area contributed by atoms with Gasteiger partial charge in [-0.1, -0.05) is 0 Å². The van der Waals surface area contributed by atoms with Crippen molar-refractivity contribution in [2.45, 2.75) is 0 Å². The van der Waals surface area contributed by atoms with Gasteiger partial charge in [0, 0.05) is 0 Å². The number of aromatic nitrogens is 2. The van der Waals surface area contributed by atoms with Crippen LogP contribution in [-0.2, 0) is 0 Å². The Bertz CT molecular complexity index is 430. The van der Waals surface area contributed by atoms with Gasteiger partial charge in [0.05, 0.1) is 18.8 Å². The minimum absolute atomic E-state index is 0.00386. The minimum Gasteiger partial charge on any atom is -0.347 e. The molecule has 0 bridgehead atoms. The molecule has 72 valence electrons. The molecule has 0 fully saturated rings. The van der Waals surface area contributed by atoms with Crippen LogP contribution in [0.2, 0.25) is 0 Å². The third kappa shape index (κ3) is 2.02. The van der Waals surface area contributed by atoms with E-state index >= 15 is 0 Å². The maximum Gasteiger partial charge on any atom is 0.225 e. The van der Waals surface area contributed by atoms with Gasteiger partial charge in [-0.2, -0.15) is 0 Å². The SMILES string of the molecule is O=C(c1ccc(I)[nH]1)c1ccc(I)[nH]1. The molecule has 5 heteroatoms. The van der Waals surface area contributed by atoms with Crippen molar-refractivity contribution in [2.75, 3.05) is 0 Å². The molecule has 0 saturated heterocycles. The first-order valence-corrected chi connectivity index (χ1v) is 6.06. The summed E-state index contributed by atoms with van der Waals surface area (Å²) in [4.78, 5) is 17.8. The topological polar surface area (TPSA) is 48.6 Å². The number of nitrogens with one attached hydrogen (secondary N) is 2. The third-order valence-electron chi connectivity index (χ3n) is 1.79. The quantitative estimate of drug-likeness (QED) is 0.579. The van der Waals surface area contributed by atoms with Gasteiger partial charge in [-0.3, -0.25) is 4.79 Å². The molecule has 0 amide bonds. The average molecular weight is 412 g/mol. The maximum absolute atomic E-state index is 11.8. The lowest BCUT2D eigenvalue weighted by Crippen LogP contribution is -2.02. The number of halogens is 2. The lowest BCUT2D eigenvalue weighted by molar-refractivity contribution is 0.103. The molecule has 14 heavy (non-hydrogen) atoms. The molecule has 0 aliphatic carbocycles. The molecule has 0 radical (unpaired) electrons. The zero-order chi connectivity index (χ0) is 10.1. The Morgan fingerprint density at radius 1 is 0.929 bits per heavy atom. The fourth-order valence-corrected chi connectivity index (χ4v) is 2.09. The summed E-state index contributed by atoms with van der Waals surface area (Å²) in [5.41, 5.74) is 1.24. The Labute approximate surface area is 108 Å². The van der Waals surface area contributed by atoms with E-state index in [4.69, 9.17) is 0 Å². The molecule has 0 aliphatic rings. The van der Waals surface area contributed by atoms with Crippen molar-refractivity contribution < 1.29 is 4.79 Å². The first kappa shape index (κ1) is 10.2. The van der Waals surface area contributed by atoms with Crippen molar-refractivity contribution in [2.24, 2.45) is 0 Å². The fraction of sp³-hybridized carbons (Fsp3) is 0. The smallest absolute Gasteiger partial charge is 0.225 e. The summed E-state index contributed by atoms with van der Waals surface area (Å²) in [6.45, 7) is 0. The molecule has 3 nitrogen and oxygen atoms in total. The van der Waals surface area contributed by atoms with Gasteiger partial charge >= 0.3 is 0 Å². The Kier molecular flexibility index (Phi) is 2.96. The fourth-order valence-electron chi connectivity index (χ4n) is 1.15. The lowest BCUT2D eigenvalue weighted by atomic mass is 10.2. The Balaban J connectivity index is 2.33. The van der Waals surface area contributed by atoms with E-state index in [9.17, 15) is 4.79 Å². The first-order valence-electron chi connectivity index (χ1n) is 3.90. The number of carbonyl (C=O) groups is 1. The van der Waals surface area contributed by atoms with Crippen molar-refractivity contribution in [3.63, 3.8) is 0 Å². The first-order chi connectivity index (χ1) is 6.66. The van der Waals surface area contributed by atoms with Crippen LogP contribution >= 0.6 is 45.2 Å². The summed E-state index contributed by atoms with van der Waals surface area (Å²) in [5, 5.41) is 0. The number of rotatable bonds is 2. The van der Waals surface area contributed by atoms with Gasteiger partial charge in [0.25, 0.3) is 0 Å². The lowest BCUT2D eigenvalue weighted by Gasteiger charge is -1.93. The van der Waals surface area contributed by atoms with Crippen LogP contribution in [0.4, 0.5) is 0 Å². The van der Waals surface area contributed by atoms with E-state index in [1.54, 1.807) is 12.1 Å². The minimum atomic E-state index is -0.00386. The molecule has 0 atom stereocenters. The highest BCUT2D eigenvalue weighted by Gasteiger charge is 2.11. The predicted molar refractivity (Wildman–Crippen MR) is 70.5 cm³/mol. The highest BCUT2D eigenvalue weighted by atomic mass is 127. The molecular weight excluding hydrogens is 406 g/mol. The second-order valence-electron chi connectivity index (χ2n) is 2.77. The summed E-state index contributed by atoms with van der Waals surface area (Å²) < 4.78 is 1.93. The molecule has 0 spiro atoms. The van der Waals surface area contributed by atoms with E-state index in [1.165, 1.54) is 0 Å². The van der Waals surface area contributed by atoms with Crippen molar-refractivity contribution >= 4 is 51.0 Å². The molecule has 0 aliphatic heterocycles. The summed E-state index contributed by atoms with van der Waals surface area (Å²) in [6, 6.07) is 7.33. The van der Waals surface area contributed by atoms with Gasteiger partial charge in [-0.05, 0) is 69.4 Å². The Morgan fingerprint density at radius 2 is 1.36 bits per heavy atom. The van der Waals surface area contributed by atoms with Crippen molar-refractivity contribution in [1.82, 2.24) is 9.97 Å². The normalized spacial score (nSPS) is 10.4. The molecule has 2 heterocycles. The standard InChI is InChI=1S/C9H6I2N2O/c10-7-3-1-5(12-7)9(14)6-2-4-8(11)13-6/h1-4,12-13H. The summed E-state index contributed by atoms with van der Waals surface area (Å²) >= 11 is 4.28. The van der Waals surface area contributed by atoms with Gasteiger partial charge in [-0.25, -0.2) is 0 Å². The maximum atomic E-state index is 11.8. The van der Waals surface area contributed by atoms with Crippen molar-refractivity contribution in [3.8, 4) is 0 Å². The van der Waals surface area contributed by atoms with Gasteiger partial charge < -0.3 is 9.97 Å². The molecule has 2 aromatic rings. The molecule has 2 rings (SSSR count). The zero-order valence-electron chi connectivity index (χ0n) is 6.97. The van der Waals surface area contributed by atoms with E-state index in [1.807, 2.05) is 12.1 Å². The Morgan fingerprint density at radius 3 is 1.64 bits per heavy atom. The highest BCUT2D eigenvalue weighted by molar-refractivity contribution is 14.1. The molecule has 2 aromatic heterocycles. The van der Waals surface area contributed by atoms with Crippen LogP contribution in [0.15, 0.2) is 24.3 Å². The van der Waals surface area contributed by atoms with Gasteiger partial charge in [0.15, 0.2) is 0 Å². The predicted octanol–water partition coefficient (Wildman–Crippen LogP) is 2.78. The van der Waals surface area contributed by atoms with E-state index in [0.717, 1.165) is 7.40 Å². The largest absolute Gasteiger partial charge is 0.347 e. The molecule has 0 saturated carbocycles. The third-order valence-corrected chi connectivity index (χ3v) is 3.05. The van der Waals surface area contributed by atoms with Crippen molar-refractivity contribution in [1.29, 1.82) is 0 Å². The average Bonchev–Trinajstić information content (AvgIpc) is 2.73. The zero-order valence-corrected chi connectivity index (χ0v) is 11.3. The summed E-state index contributed by atoms with van der Waals surface area (Å²) in [5.74, 6) is -0.00386. The number of hydrogen-bond acceptors (Lipinski definition) is 1. The van der Waals surface area contributed by atoms with Crippen LogP contribution in [0.3, 0.4) is 0 Å². The number of aromatic amines is 2. The van der Waals surface area contributed by atoms with E-state index in [2.05, 4.69) is 55.1 Å². The van der Waals surface area contributed by atoms with Crippen LogP contribution in [0.25, 0.3) is 0 Å². The van der Waals surface area contributed by atoms with Crippen LogP contribution < -0.4 is 0 Å². The molecule has 2 N–H and O–H groups in total. The number of hydrogen-bond donors (Lipinski definition) is 2. The monoisotopic (exact) mass is 412 g/mol. The second-order valence-corrected chi connectivity index (χ2v) is 5.09. The van der Waals surface area contributed by atoms with Crippen LogP contribution in [0.5, 0.6) is 0 Å².